The molecule has 3 heterocycles. The maximum absolute atomic E-state index is 15.1. The number of carbonyl (C=O) groups is 2. The molecule has 0 unspecified atom stereocenters. The van der Waals surface area contributed by atoms with Gasteiger partial charge in [-0.15, -0.1) is 0 Å². The van der Waals surface area contributed by atoms with Crippen molar-refractivity contribution in [3.8, 4) is 0 Å². The second-order valence-electron chi connectivity index (χ2n) is 12.0. The Morgan fingerprint density at radius 1 is 1.18 bits per heavy atom. The van der Waals surface area contributed by atoms with Gasteiger partial charge in [0.1, 0.15) is 24.5 Å². The van der Waals surface area contributed by atoms with Gasteiger partial charge < -0.3 is 9.64 Å². The van der Waals surface area contributed by atoms with Crippen LogP contribution in [0.1, 0.15) is 36.8 Å². The van der Waals surface area contributed by atoms with Gasteiger partial charge in [-0.05, 0) is 47.9 Å². The highest BCUT2D eigenvalue weighted by Gasteiger charge is 2.65. The maximum atomic E-state index is 15.1. The second kappa shape index (κ2) is 11.0. The van der Waals surface area contributed by atoms with Gasteiger partial charge in [-0.2, -0.15) is 5.10 Å². The lowest BCUT2D eigenvalue weighted by molar-refractivity contribution is -0.130. The van der Waals surface area contributed by atoms with E-state index in [4.69, 9.17) is 27.9 Å². The summed E-state index contributed by atoms with van der Waals surface area (Å²) in [4.78, 5) is 31.4. The Kier molecular flexibility index (Phi) is 7.91. The third-order valence-electron chi connectivity index (χ3n) is 8.24. The van der Waals surface area contributed by atoms with Crippen molar-refractivity contribution in [1.29, 1.82) is 0 Å². The number of nitrogens with one attached hydrogen (secondary N) is 1. The van der Waals surface area contributed by atoms with Gasteiger partial charge in [0.2, 0.25) is 5.91 Å². The van der Waals surface area contributed by atoms with E-state index in [1.807, 2.05) is 54.3 Å². The SMILES string of the molecule is C=C(CC)[C@H]1N2CC(=O)NN=C2C[C@@H](c2cccc(Cl)c2)[C@]12C(=O)N(COCC[Si](C)(C)C)c1cc(Cl)ccc12. The van der Waals surface area contributed by atoms with Gasteiger partial charge in [-0.1, -0.05) is 80.1 Å². The van der Waals surface area contributed by atoms with Crippen molar-refractivity contribution < 1.29 is 14.3 Å². The largest absolute Gasteiger partial charge is 0.361 e. The van der Waals surface area contributed by atoms with Crippen LogP contribution in [-0.2, 0) is 19.7 Å². The summed E-state index contributed by atoms with van der Waals surface area (Å²) in [5, 5.41) is 5.58. The van der Waals surface area contributed by atoms with E-state index >= 15 is 4.79 Å². The molecule has 0 bridgehead atoms. The molecule has 1 saturated heterocycles. The second-order valence-corrected chi connectivity index (χ2v) is 18.5. The van der Waals surface area contributed by atoms with Crippen molar-refractivity contribution in [2.75, 3.05) is 24.8 Å². The Bertz CT molecular complexity index is 1390. The number of ether oxygens (including phenoxy) is 1. The van der Waals surface area contributed by atoms with Crippen LogP contribution in [0.25, 0.3) is 0 Å². The van der Waals surface area contributed by atoms with Crippen LogP contribution >= 0.6 is 23.2 Å². The van der Waals surface area contributed by atoms with E-state index in [9.17, 15) is 4.79 Å². The van der Waals surface area contributed by atoms with Crippen LogP contribution in [0, 0.1) is 0 Å². The van der Waals surface area contributed by atoms with E-state index in [2.05, 4.69) is 36.7 Å². The number of amides is 2. The molecule has 3 atom stereocenters. The fourth-order valence-electron chi connectivity index (χ4n) is 6.28. The van der Waals surface area contributed by atoms with E-state index in [0.717, 1.165) is 34.3 Å². The third-order valence-corrected chi connectivity index (χ3v) is 10.4. The topological polar surface area (TPSA) is 74.2 Å². The van der Waals surface area contributed by atoms with Crippen molar-refractivity contribution in [1.82, 2.24) is 10.3 Å². The molecule has 2 amide bonds. The highest BCUT2D eigenvalue weighted by atomic mass is 35.5. The summed E-state index contributed by atoms with van der Waals surface area (Å²) in [6, 6.07) is 13.8. The number of anilines is 1. The first-order valence-electron chi connectivity index (χ1n) is 13.7. The lowest BCUT2D eigenvalue weighted by atomic mass is 9.58. The number of benzene rings is 2. The molecule has 0 aliphatic carbocycles. The van der Waals surface area contributed by atoms with Gasteiger partial charge in [-0.3, -0.25) is 14.5 Å². The molecule has 2 aromatic carbocycles. The lowest BCUT2D eigenvalue weighted by Crippen LogP contribution is -2.67. The quantitative estimate of drug-likeness (QED) is 0.224. The number of piperidine rings is 1. The minimum absolute atomic E-state index is 0.0904. The fourth-order valence-corrected chi connectivity index (χ4v) is 7.41. The summed E-state index contributed by atoms with van der Waals surface area (Å²) < 4.78 is 6.15. The number of nitrogens with zero attached hydrogens (tertiary/aromatic N) is 3. The number of hydrogen-bond donors (Lipinski definition) is 1. The molecule has 3 aliphatic heterocycles. The number of amidine groups is 1. The summed E-state index contributed by atoms with van der Waals surface area (Å²) >= 11 is 13.0. The van der Waals surface area contributed by atoms with Crippen LogP contribution in [0.2, 0.25) is 35.7 Å². The Labute approximate surface area is 247 Å². The molecule has 7 nitrogen and oxygen atoms in total. The average molecular weight is 600 g/mol. The maximum Gasteiger partial charge on any atom is 0.259 e. The molecule has 0 radical (unpaired) electrons. The molecule has 0 saturated carbocycles. The van der Waals surface area contributed by atoms with E-state index < -0.39 is 19.5 Å². The van der Waals surface area contributed by atoms with Gasteiger partial charge in [0.15, 0.2) is 0 Å². The zero-order valence-corrected chi connectivity index (χ0v) is 26.0. The normalized spacial score (nSPS) is 24.1. The molecule has 2 aromatic rings. The number of fused-ring (bicyclic) bond motifs is 3. The van der Waals surface area contributed by atoms with E-state index in [0.29, 0.717) is 29.5 Å². The number of hydrogen-bond acceptors (Lipinski definition) is 5. The summed E-state index contributed by atoms with van der Waals surface area (Å²) in [5.41, 5.74) is 4.90. The number of hydrazone groups is 1. The Hall–Kier alpha value is -2.65. The summed E-state index contributed by atoms with van der Waals surface area (Å²) in [7, 11) is -1.32. The van der Waals surface area contributed by atoms with Crippen molar-refractivity contribution in [3.05, 3.63) is 75.8 Å². The molecule has 10 heteroatoms. The standard InChI is InChI=1S/C30H36Cl2N4O3Si/c1-6-19(2)28-30(24(20-8-7-9-21(31)14-20)16-26-33-34-27(37)17-35(26)28)23-11-10-22(32)15-25(23)36(29(30)38)18-39-12-13-40(3,4)5/h7-11,14-15,24,28H,2,6,12-13,16-18H2,1,3-5H3,(H,34,37)/t24-,28+,30-/m0/s1. The molecule has 0 aromatic heterocycles. The summed E-state index contributed by atoms with van der Waals surface area (Å²) in [5.74, 6) is 0.0848. The first-order valence-corrected chi connectivity index (χ1v) is 18.2. The highest BCUT2D eigenvalue weighted by molar-refractivity contribution is 6.76. The first kappa shape index (κ1) is 28.9. The molecule has 1 fully saturated rings. The molecule has 5 rings (SSSR count). The fraction of sp³-hybridized carbons (Fsp3) is 0.433. The molecular weight excluding hydrogens is 563 g/mol. The van der Waals surface area contributed by atoms with E-state index in [-0.39, 0.29) is 31.0 Å². The van der Waals surface area contributed by atoms with Crippen LogP contribution in [-0.4, -0.2) is 56.5 Å². The molecule has 1 N–H and O–H groups in total. The predicted molar refractivity (Wildman–Crippen MR) is 164 cm³/mol. The Morgan fingerprint density at radius 2 is 1.93 bits per heavy atom. The number of rotatable bonds is 8. The minimum Gasteiger partial charge on any atom is -0.361 e. The van der Waals surface area contributed by atoms with E-state index in [1.165, 1.54) is 0 Å². The summed E-state index contributed by atoms with van der Waals surface area (Å²) in [6.07, 6.45) is 1.06. The van der Waals surface area contributed by atoms with Crippen LogP contribution in [0.4, 0.5) is 5.69 Å². The Balaban J connectivity index is 1.71. The zero-order chi connectivity index (χ0) is 28.8. The highest BCUT2D eigenvalue weighted by Crippen LogP contribution is 2.58. The molecular formula is C30H36Cl2N4O3Si. The zero-order valence-electron chi connectivity index (χ0n) is 23.5. The van der Waals surface area contributed by atoms with E-state index in [1.54, 1.807) is 4.90 Å². The van der Waals surface area contributed by atoms with Crippen molar-refractivity contribution in [2.24, 2.45) is 5.10 Å². The van der Waals surface area contributed by atoms with Crippen LogP contribution in [0.5, 0.6) is 0 Å². The molecule has 40 heavy (non-hydrogen) atoms. The van der Waals surface area contributed by atoms with Gasteiger partial charge >= 0.3 is 0 Å². The van der Waals surface area contributed by atoms with Gasteiger partial charge in [0.05, 0.1) is 11.7 Å². The smallest absolute Gasteiger partial charge is 0.259 e. The van der Waals surface area contributed by atoms with Crippen molar-refractivity contribution >= 4 is 54.6 Å². The number of halogens is 2. The third kappa shape index (κ3) is 5.00. The van der Waals surface area contributed by atoms with Gasteiger partial charge in [0.25, 0.3) is 5.91 Å². The predicted octanol–water partition coefficient (Wildman–Crippen LogP) is 6.16. The molecule has 212 valence electrons. The van der Waals surface area contributed by atoms with Crippen molar-refractivity contribution in [3.63, 3.8) is 0 Å². The van der Waals surface area contributed by atoms with Crippen LogP contribution in [0.15, 0.2) is 59.7 Å². The summed E-state index contributed by atoms with van der Waals surface area (Å²) in [6.45, 7) is 14.2. The van der Waals surface area contributed by atoms with Gasteiger partial charge in [-0.25, -0.2) is 5.43 Å². The first-order chi connectivity index (χ1) is 19.0. The monoisotopic (exact) mass is 598 g/mol. The minimum atomic E-state index is -1.32. The van der Waals surface area contributed by atoms with Gasteiger partial charge in [0, 0.05) is 37.1 Å². The molecule has 3 aliphatic rings. The van der Waals surface area contributed by atoms with Crippen LogP contribution < -0.4 is 10.3 Å². The molecule has 1 spiro atoms. The lowest BCUT2D eigenvalue weighted by Gasteiger charge is -2.54. The van der Waals surface area contributed by atoms with Crippen LogP contribution in [0.3, 0.4) is 0 Å². The number of carbonyl (C=O) groups excluding carboxylic acids is 2. The Morgan fingerprint density at radius 3 is 2.62 bits per heavy atom. The van der Waals surface area contributed by atoms with Crippen molar-refractivity contribution in [2.45, 2.75) is 62.8 Å². The average Bonchev–Trinajstić information content (AvgIpc) is 3.12.